The van der Waals surface area contributed by atoms with Gasteiger partial charge in [0, 0.05) is 11.3 Å². The standard InChI is InChI=1S/C24H22N2O4/c1-3-21(29-19-7-5-4-6-8-19)23(27)25-17-11-14-22-20(15-17)26-24(30-22)16-9-12-18(28-2)13-10-16/h4-15,21H,3H2,1-2H3,(H,25,27)/t21-/m0/s1. The van der Waals surface area contributed by atoms with Gasteiger partial charge in [-0.05, 0) is 61.0 Å². The molecular weight excluding hydrogens is 380 g/mol. The van der Waals surface area contributed by atoms with Crippen LogP contribution in [0.15, 0.2) is 77.2 Å². The first kappa shape index (κ1) is 19.5. The zero-order valence-electron chi connectivity index (χ0n) is 16.8. The largest absolute Gasteiger partial charge is 0.497 e. The first-order valence-electron chi connectivity index (χ1n) is 9.74. The molecule has 0 fully saturated rings. The van der Waals surface area contributed by atoms with Crippen molar-refractivity contribution in [1.82, 2.24) is 4.98 Å². The Balaban J connectivity index is 1.50. The maximum absolute atomic E-state index is 12.7. The van der Waals surface area contributed by atoms with Crippen LogP contribution < -0.4 is 14.8 Å². The van der Waals surface area contributed by atoms with Gasteiger partial charge in [0.2, 0.25) is 5.89 Å². The SMILES string of the molecule is CC[C@H](Oc1ccccc1)C(=O)Nc1ccc2oc(-c3ccc(OC)cc3)nc2c1. The van der Waals surface area contributed by atoms with Crippen molar-refractivity contribution in [2.75, 3.05) is 12.4 Å². The number of fused-ring (bicyclic) bond motifs is 1. The molecule has 3 aromatic carbocycles. The van der Waals surface area contributed by atoms with Crippen molar-refractivity contribution in [1.29, 1.82) is 0 Å². The van der Waals surface area contributed by atoms with Crippen LogP contribution >= 0.6 is 0 Å². The zero-order chi connectivity index (χ0) is 20.9. The molecule has 0 unspecified atom stereocenters. The lowest BCUT2D eigenvalue weighted by atomic mass is 10.2. The smallest absolute Gasteiger partial charge is 0.265 e. The number of carbonyl (C=O) groups excluding carboxylic acids is 1. The molecule has 6 nitrogen and oxygen atoms in total. The number of aromatic nitrogens is 1. The molecule has 1 aromatic heterocycles. The number of amides is 1. The minimum Gasteiger partial charge on any atom is -0.497 e. The Morgan fingerprint density at radius 3 is 2.50 bits per heavy atom. The van der Waals surface area contributed by atoms with Crippen LogP contribution in [0.2, 0.25) is 0 Å². The van der Waals surface area contributed by atoms with Crippen LogP contribution in [0.1, 0.15) is 13.3 Å². The molecule has 0 radical (unpaired) electrons. The summed E-state index contributed by atoms with van der Waals surface area (Å²) < 4.78 is 16.8. The van der Waals surface area contributed by atoms with Crippen LogP contribution in [0.3, 0.4) is 0 Å². The van der Waals surface area contributed by atoms with E-state index < -0.39 is 6.10 Å². The highest BCUT2D eigenvalue weighted by Crippen LogP contribution is 2.27. The maximum Gasteiger partial charge on any atom is 0.265 e. The van der Waals surface area contributed by atoms with Gasteiger partial charge in [-0.1, -0.05) is 25.1 Å². The first-order chi connectivity index (χ1) is 14.7. The van der Waals surface area contributed by atoms with Gasteiger partial charge in [-0.3, -0.25) is 4.79 Å². The number of nitrogens with one attached hydrogen (secondary N) is 1. The molecule has 0 aliphatic rings. The second kappa shape index (κ2) is 8.69. The molecule has 1 heterocycles. The Labute approximate surface area is 174 Å². The minimum atomic E-state index is -0.588. The predicted molar refractivity (Wildman–Crippen MR) is 116 cm³/mol. The van der Waals surface area contributed by atoms with E-state index >= 15 is 0 Å². The summed E-state index contributed by atoms with van der Waals surface area (Å²) >= 11 is 0. The van der Waals surface area contributed by atoms with E-state index in [1.807, 2.05) is 61.5 Å². The molecule has 4 rings (SSSR count). The summed E-state index contributed by atoms with van der Waals surface area (Å²) in [6.07, 6.45) is -0.0376. The quantitative estimate of drug-likeness (QED) is 0.454. The number of hydrogen-bond donors (Lipinski definition) is 1. The van der Waals surface area contributed by atoms with E-state index in [1.165, 1.54) is 0 Å². The highest BCUT2D eigenvalue weighted by Gasteiger charge is 2.19. The molecule has 0 aliphatic carbocycles. The average Bonchev–Trinajstić information content (AvgIpc) is 3.21. The van der Waals surface area contributed by atoms with E-state index in [0.717, 1.165) is 11.3 Å². The number of anilines is 1. The molecule has 30 heavy (non-hydrogen) atoms. The molecule has 0 saturated heterocycles. The third kappa shape index (κ3) is 4.27. The van der Waals surface area contributed by atoms with Crippen molar-refractivity contribution < 1.29 is 18.7 Å². The van der Waals surface area contributed by atoms with Crippen molar-refractivity contribution in [2.45, 2.75) is 19.4 Å². The second-order valence-electron chi connectivity index (χ2n) is 6.75. The van der Waals surface area contributed by atoms with E-state index in [4.69, 9.17) is 13.9 Å². The van der Waals surface area contributed by atoms with Crippen LogP contribution in [-0.2, 0) is 4.79 Å². The van der Waals surface area contributed by atoms with Gasteiger partial charge in [-0.25, -0.2) is 4.98 Å². The molecule has 152 valence electrons. The molecule has 0 bridgehead atoms. The van der Waals surface area contributed by atoms with Crippen LogP contribution in [0.4, 0.5) is 5.69 Å². The number of oxazole rings is 1. The number of ether oxygens (including phenoxy) is 2. The highest BCUT2D eigenvalue weighted by atomic mass is 16.5. The van der Waals surface area contributed by atoms with E-state index in [9.17, 15) is 4.79 Å². The summed E-state index contributed by atoms with van der Waals surface area (Å²) in [7, 11) is 1.62. The van der Waals surface area contributed by atoms with Gasteiger partial charge in [0.1, 0.15) is 17.0 Å². The molecule has 0 aliphatic heterocycles. The number of hydrogen-bond acceptors (Lipinski definition) is 5. The van der Waals surface area contributed by atoms with E-state index in [0.29, 0.717) is 34.8 Å². The lowest BCUT2D eigenvalue weighted by molar-refractivity contribution is -0.122. The van der Waals surface area contributed by atoms with Gasteiger partial charge in [0.15, 0.2) is 11.7 Å². The molecule has 1 atom stereocenters. The lowest BCUT2D eigenvalue weighted by Crippen LogP contribution is -2.32. The van der Waals surface area contributed by atoms with Crippen molar-refractivity contribution in [3.8, 4) is 23.0 Å². The van der Waals surface area contributed by atoms with Gasteiger partial charge in [-0.2, -0.15) is 0 Å². The van der Waals surface area contributed by atoms with E-state index in [-0.39, 0.29) is 5.91 Å². The number of benzene rings is 3. The number of methoxy groups -OCH3 is 1. The summed E-state index contributed by atoms with van der Waals surface area (Å²) in [4.78, 5) is 17.2. The Bertz CT molecular complexity index is 1140. The first-order valence-corrected chi connectivity index (χ1v) is 9.74. The number of para-hydroxylation sites is 1. The Morgan fingerprint density at radius 2 is 1.80 bits per heavy atom. The number of rotatable bonds is 7. The third-order valence-corrected chi connectivity index (χ3v) is 4.68. The van der Waals surface area contributed by atoms with Gasteiger partial charge >= 0.3 is 0 Å². The number of nitrogens with zero attached hydrogens (tertiary/aromatic N) is 1. The molecule has 0 saturated carbocycles. The predicted octanol–water partition coefficient (Wildman–Crippen LogP) is 5.30. The summed E-state index contributed by atoms with van der Waals surface area (Å²) in [6, 6.07) is 22.2. The normalized spacial score (nSPS) is 11.8. The highest BCUT2D eigenvalue weighted by molar-refractivity contribution is 5.96. The minimum absolute atomic E-state index is 0.209. The van der Waals surface area contributed by atoms with Crippen molar-refractivity contribution in [3.63, 3.8) is 0 Å². The number of carbonyl (C=O) groups is 1. The molecule has 6 heteroatoms. The fourth-order valence-electron chi connectivity index (χ4n) is 3.07. The maximum atomic E-state index is 12.7. The molecular formula is C24H22N2O4. The molecule has 4 aromatic rings. The topological polar surface area (TPSA) is 73.6 Å². The van der Waals surface area contributed by atoms with Crippen LogP contribution in [-0.4, -0.2) is 24.1 Å². The Kier molecular flexibility index (Phi) is 5.66. The van der Waals surface area contributed by atoms with Crippen molar-refractivity contribution >= 4 is 22.7 Å². The van der Waals surface area contributed by atoms with Crippen LogP contribution in [0, 0.1) is 0 Å². The van der Waals surface area contributed by atoms with Crippen LogP contribution in [0.25, 0.3) is 22.6 Å². The fraction of sp³-hybridized carbons (Fsp3) is 0.167. The zero-order valence-corrected chi connectivity index (χ0v) is 16.8. The molecule has 0 spiro atoms. The summed E-state index contributed by atoms with van der Waals surface area (Å²) in [6.45, 7) is 1.91. The molecule has 1 N–H and O–H groups in total. The van der Waals surface area contributed by atoms with Gasteiger partial charge in [0.25, 0.3) is 5.91 Å². The third-order valence-electron chi connectivity index (χ3n) is 4.68. The summed E-state index contributed by atoms with van der Waals surface area (Å²) in [5, 5.41) is 2.91. The Hall–Kier alpha value is -3.80. The van der Waals surface area contributed by atoms with E-state index in [1.54, 1.807) is 25.3 Å². The summed E-state index contributed by atoms with van der Waals surface area (Å²) in [5.41, 5.74) is 2.79. The summed E-state index contributed by atoms with van der Waals surface area (Å²) in [5.74, 6) is 1.73. The van der Waals surface area contributed by atoms with Crippen molar-refractivity contribution in [2.24, 2.45) is 0 Å². The van der Waals surface area contributed by atoms with Gasteiger partial charge in [0.05, 0.1) is 7.11 Å². The average molecular weight is 402 g/mol. The van der Waals surface area contributed by atoms with E-state index in [2.05, 4.69) is 10.3 Å². The van der Waals surface area contributed by atoms with Crippen LogP contribution in [0.5, 0.6) is 11.5 Å². The molecule has 1 amide bonds. The van der Waals surface area contributed by atoms with Gasteiger partial charge in [-0.15, -0.1) is 0 Å². The van der Waals surface area contributed by atoms with Crippen molar-refractivity contribution in [3.05, 3.63) is 72.8 Å². The Morgan fingerprint density at radius 1 is 1.03 bits per heavy atom. The fourth-order valence-corrected chi connectivity index (χ4v) is 3.07. The lowest BCUT2D eigenvalue weighted by Gasteiger charge is -2.17. The second-order valence-corrected chi connectivity index (χ2v) is 6.75. The monoisotopic (exact) mass is 402 g/mol. The van der Waals surface area contributed by atoms with Gasteiger partial charge < -0.3 is 19.2 Å².